The van der Waals surface area contributed by atoms with E-state index in [0.717, 1.165) is 22.4 Å². The van der Waals surface area contributed by atoms with Gasteiger partial charge in [0.05, 0.1) is 19.2 Å². The maximum Gasteiger partial charge on any atom is 0.255 e. The van der Waals surface area contributed by atoms with Gasteiger partial charge in [-0.3, -0.25) is 9.59 Å². The van der Waals surface area contributed by atoms with Crippen molar-refractivity contribution in [3.63, 3.8) is 0 Å². The molecule has 150 valence electrons. The molecule has 6 heteroatoms. The first kappa shape index (κ1) is 20.7. The molecule has 3 rings (SSSR count). The summed E-state index contributed by atoms with van der Waals surface area (Å²) < 4.78 is 6.90. The van der Waals surface area contributed by atoms with Crippen LogP contribution in [-0.4, -0.2) is 29.5 Å². The quantitative estimate of drug-likeness (QED) is 0.613. The molecule has 0 spiro atoms. The molecule has 1 heterocycles. The highest BCUT2D eigenvalue weighted by atomic mass is 35.5. The first-order valence-electron chi connectivity index (χ1n) is 9.22. The molecule has 0 saturated carbocycles. The van der Waals surface area contributed by atoms with Gasteiger partial charge in [0.2, 0.25) is 0 Å². The molecule has 1 amide bonds. The van der Waals surface area contributed by atoms with Gasteiger partial charge in [-0.15, -0.1) is 0 Å². The highest BCUT2D eigenvalue weighted by Crippen LogP contribution is 2.22. The number of hydrogen-bond donors (Lipinski definition) is 0. The number of rotatable bonds is 6. The second-order valence-electron chi connectivity index (χ2n) is 6.95. The number of pyridine rings is 1. The van der Waals surface area contributed by atoms with Crippen molar-refractivity contribution in [3.8, 4) is 5.75 Å². The Morgan fingerprint density at radius 2 is 1.86 bits per heavy atom. The predicted molar refractivity (Wildman–Crippen MR) is 115 cm³/mol. The molecule has 0 bridgehead atoms. The molecule has 2 aromatic carbocycles. The summed E-state index contributed by atoms with van der Waals surface area (Å²) in [6, 6.07) is 16.2. The highest BCUT2D eigenvalue weighted by molar-refractivity contribution is 6.31. The summed E-state index contributed by atoms with van der Waals surface area (Å²) in [5.41, 5.74) is 3.08. The fraction of sp³-hybridized carbons (Fsp3) is 0.217. The number of benzene rings is 2. The van der Waals surface area contributed by atoms with E-state index in [1.54, 1.807) is 37.4 Å². The molecule has 0 aliphatic heterocycles. The number of carbonyl (C=O) groups is 1. The third-order valence-electron chi connectivity index (χ3n) is 4.72. The highest BCUT2D eigenvalue weighted by Gasteiger charge is 2.16. The monoisotopic (exact) mass is 410 g/mol. The van der Waals surface area contributed by atoms with Crippen molar-refractivity contribution in [3.05, 3.63) is 98.4 Å². The van der Waals surface area contributed by atoms with E-state index in [1.165, 1.54) is 10.6 Å². The van der Waals surface area contributed by atoms with Gasteiger partial charge >= 0.3 is 0 Å². The van der Waals surface area contributed by atoms with Crippen LogP contribution in [0.15, 0.2) is 65.6 Å². The van der Waals surface area contributed by atoms with Crippen LogP contribution in [-0.2, 0) is 13.1 Å². The van der Waals surface area contributed by atoms with Crippen molar-refractivity contribution in [2.75, 3.05) is 14.2 Å². The molecule has 29 heavy (non-hydrogen) atoms. The third kappa shape index (κ3) is 4.87. The van der Waals surface area contributed by atoms with Gasteiger partial charge in [0.25, 0.3) is 11.5 Å². The fourth-order valence-electron chi connectivity index (χ4n) is 3.17. The van der Waals surface area contributed by atoms with Crippen LogP contribution in [0.1, 0.15) is 27.0 Å². The Bertz CT molecular complexity index is 1090. The van der Waals surface area contributed by atoms with Crippen LogP contribution in [0.3, 0.4) is 0 Å². The number of nitrogens with zero attached hydrogens (tertiary/aromatic N) is 2. The van der Waals surface area contributed by atoms with E-state index < -0.39 is 0 Å². The van der Waals surface area contributed by atoms with Crippen LogP contribution in [0.2, 0.25) is 5.02 Å². The number of halogens is 1. The normalized spacial score (nSPS) is 10.6. The Balaban J connectivity index is 1.83. The predicted octanol–water partition coefficient (Wildman–Crippen LogP) is 4.14. The van der Waals surface area contributed by atoms with Gasteiger partial charge in [0.1, 0.15) is 5.75 Å². The molecule has 0 atom stereocenters. The Kier molecular flexibility index (Phi) is 6.39. The average Bonchev–Trinajstić information content (AvgIpc) is 2.71. The van der Waals surface area contributed by atoms with Crippen molar-refractivity contribution in [2.45, 2.75) is 20.0 Å². The minimum Gasteiger partial charge on any atom is -0.496 e. The van der Waals surface area contributed by atoms with Gasteiger partial charge < -0.3 is 14.2 Å². The lowest BCUT2D eigenvalue weighted by Crippen LogP contribution is -2.29. The van der Waals surface area contributed by atoms with E-state index >= 15 is 0 Å². The molecule has 0 unspecified atom stereocenters. The molecule has 0 N–H and O–H groups in total. The molecule has 1 aromatic heterocycles. The summed E-state index contributed by atoms with van der Waals surface area (Å²) in [5, 5.41) is 0.583. The Labute approximate surface area is 175 Å². The number of carbonyl (C=O) groups excluding carboxylic acids is 1. The Morgan fingerprint density at radius 1 is 1.10 bits per heavy atom. The first-order chi connectivity index (χ1) is 13.9. The van der Waals surface area contributed by atoms with Gasteiger partial charge in [0, 0.05) is 36.4 Å². The van der Waals surface area contributed by atoms with E-state index in [4.69, 9.17) is 16.3 Å². The van der Waals surface area contributed by atoms with Crippen molar-refractivity contribution >= 4 is 17.5 Å². The van der Waals surface area contributed by atoms with E-state index in [9.17, 15) is 9.59 Å². The van der Waals surface area contributed by atoms with Crippen LogP contribution in [0.5, 0.6) is 5.75 Å². The SMILES string of the molecule is COc1ccc(C)cc1CN(C)C(=O)c1ccc(=O)n(Cc2ccccc2Cl)c1. The number of ether oxygens (including phenoxy) is 1. The van der Waals surface area contributed by atoms with Gasteiger partial charge in [-0.25, -0.2) is 0 Å². The summed E-state index contributed by atoms with van der Waals surface area (Å²) in [7, 11) is 3.34. The largest absolute Gasteiger partial charge is 0.496 e. The number of aryl methyl sites for hydroxylation is 1. The molecule has 0 saturated heterocycles. The van der Waals surface area contributed by atoms with E-state index in [0.29, 0.717) is 23.7 Å². The smallest absolute Gasteiger partial charge is 0.255 e. The molecule has 3 aromatic rings. The van der Waals surface area contributed by atoms with Crippen LogP contribution < -0.4 is 10.3 Å². The lowest BCUT2D eigenvalue weighted by molar-refractivity contribution is 0.0783. The summed E-state index contributed by atoms with van der Waals surface area (Å²) in [6.07, 6.45) is 1.58. The summed E-state index contributed by atoms with van der Waals surface area (Å²) in [6.45, 7) is 2.69. The van der Waals surface area contributed by atoms with Crippen molar-refractivity contribution < 1.29 is 9.53 Å². The molecular weight excluding hydrogens is 388 g/mol. The van der Waals surface area contributed by atoms with Crippen molar-refractivity contribution in [1.82, 2.24) is 9.47 Å². The third-order valence-corrected chi connectivity index (χ3v) is 5.09. The molecule has 0 fully saturated rings. The van der Waals surface area contributed by atoms with E-state index in [2.05, 4.69) is 0 Å². The Morgan fingerprint density at radius 3 is 2.59 bits per heavy atom. The summed E-state index contributed by atoms with van der Waals surface area (Å²) >= 11 is 6.21. The van der Waals surface area contributed by atoms with Crippen molar-refractivity contribution in [2.24, 2.45) is 0 Å². The second kappa shape index (κ2) is 8.97. The summed E-state index contributed by atoms with van der Waals surface area (Å²) in [4.78, 5) is 26.8. The van der Waals surface area contributed by atoms with Crippen LogP contribution in [0, 0.1) is 6.92 Å². The Hall–Kier alpha value is -3.05. The van der Waals surface area contributed by atoms with Gasteiger partial charge in [-0.1, -0.05) is 47.5 Å². The number of methoxy groups -OCH3 is 1. The molecule has 0 aliphatic rings. The standard InChI is InChI=1S/C23H23ClN2O3/c1-16-8-10-21(29-3)19(12-16)13-25(2)23(28)18-9-11-22(27)26(15-18)14-17-6-4-5-7-20(17)24/h4-12,15H,13-14H2,1-3H3. The number of hydrogen-bond acceptors (Lipinski definition) is 3. The van der Waals surface area contributed by atoms with E-state index in [-0.39, 0.29) is 11.5 Å². The first-order valence-corrected chi connectivity index (χ1v) is 9.59. The van der Waals surface area contributed by atoms with Crippen LogP contribution >= 0.6 is 11.6 Å². The minimum atomic E-state index is -0.190. The summed E-state index contributed by atoms with van der Waals surface area (Å²) in [5.74, 6) is 0.556. The molecule has 5 nitrogen and oxygen atoms in total. The van der Waals surface area contributed by atoms with Gasteiger partial charge in [-0.2, -0.15) is 0 Å². The van der Waals surface area contributed by atoms with Crippen molar-refractivity contribution in [1.29, 1.82) is 0 Å². The minimum absolute atomic E-state index is 0.179. The zero-order chi connectivity index (χ0) is 21.0. The lowest BCUT2D eigenvalue weighted by atomic mass is 10.1. The molecule has 0 aliphatic carbocycles. The number of amides is 1. The lowest BCUT2D eigenvalue weighted by Gasteiger charge is -2.20. The second-order valence-corrected chi connectivity index (χ2v) is 7.36. The average molecular weight is 411 g/mol. The topological polar surface area (TPSA) is 51.5 Å². The zero-order valence-electron chi connectivity index (χ0n) is 16.7. The fourth-order valence-corrected chi connectivity index (χ4v) is 3.37. The van der Waals surface area contributed by atoms with Crippen LogP contribution in [0.4, 0.5) is 0 Å². The maximum atomic E-state index is 13.0. The zero-order valence-corrected chi connectivity index (χ0v) is 17.4. The number of aromatic nitrogens is 1. The van der Waals surface area contributed by atoms with Crippen LogP contribution in [0.25, 0.3) is 0 Å². The van der Waals surface area contributed by atoms with Gasteiger partial charge in [0.15, 0.2) is 0 Å². The van der Waals surface area contributed by atoms with Gasteiger partial charge in [-0.05, 0) is 30.7 Å². The molecule has 0 radical (unpaired) electrons. The van der Waals surface area contributed by atoms with E-state index in [1.807, 2.05) is 43.3 Å². The maximum absolute atomic E-state index is 13.0. The molecular formula is C23H23ClN2O3.